The average Bonchev–Trinajstić information content (AvgIpc) is 2.54. The Kier molecular flexibility index (Phi) is 5.59. The summed E-state index contributed by atoms with van der Waals surface area (Å²) in [6.45, 7) is 6.03. The van der Waals surface area contributed by atoms with Crippen molar-refractivity contribution in [1.29, 1.82) is 0 Å². The lowest BCUT2D eigenvalue weighted by molar-refractivity contribution is -0.122. The van der Waals surface area contributed by atoms with Crippen LogP contribution < -0.4 is 10.1 Å². The smallest absolute Gasteiger partial charge is 0.265 e. The van der Waals surface area contributed by atoms with E-state index < -0.39 is 6.10 Å². The van der Waals surface area contributed by atoms with Crippen LogP contribution in [0.4, 0.5) is 5.69 Å². The third-order valence-electron chi connectivity index (χ3n) is 3.66. The Morgan fingerprint density at radius 2 is 1.77 bits per heavy atom. The van der Waals surface area contributed by atoms with Crippen molar-refractivity contribution >= 4 is 11.6 Å². The van der Waals surface area contributed by atoms with Gasteiger partial charge in [-0.1, -0.05) is 44.2 Å². The first-order valence-electron chi connectivity index (χ1n) is 7.76. The molecule has 1 amide bonds. The van der Waals surface area contributed by atoms with Crippen molar-refractivity contribution in [2.45, 2.75) is 39.7 Å². The van der Waals surface area contributed by atoms with E-state index in [2.05, 4.69) is 12.2 Å². The molecule has 1 atom stereocenters. The Hall–Kier alpha value is -2.29. The van der Waals surface area contributed by atoms with Gasteiger partial charge >= 0.3 is 0 Å². The second-order valence-electron chi connectivity index (χ2n) is 5.32. The van der Waals surface area contributed by atoms with Gasteiger partial charge in [0.25, 0.3) is 5.91 Å². The average molecular weight is 297 g/mol. The molecule has 0 heterocycles. The van der Waals surface area contributed by atoms with Crippen LogP contribution >= 0.6 is 0 Å². The molecule has 2 aromatic carbocycles. The van der Waals surface area contributed by atoms with E-state index in [0.717, 1.165) is 23.4 Å². The number of carbonyl (C=O) groups is 1. The zero-order valence-electron chi connectivity index (χ0n) is 13.4. The molecule has 1 N–H and O–H groups in total. The van der Waals surface area contributed by atoms with Gasteiger partial charge < -0.3 is 10.1 Å². The van der Waals surface area contributed by atoms with Crippen molar-refractivity contribution in [2.24, 2.45) is 0 Å². The molecule has 22 heavy (non-hydrogen) atoms. The predicted octanol–water partition coefficient (Wildman–Crippen LogP) is 4.35. The zero-order chi connectivity index (χ0) is 15.9. The second-order valence-corrected chi connectivity index (χ2v) is 5.32. The summed E-state index contributed by atoms with van der Waals surface area (Å²) in [5, 5.41) is 2.92. The first kappa shape index (κ1) is 16.1. The van der Waals surface area contributed by atoms with Crippen molar-refractivity contribution < 1.29 is 9.53 Å². The Labute approximate surface area is 132 Å². The SMILES string of the molecule is CCc1ccc(NC(=O)[C@@H](CC)Oc2ccccc2C)cc1. The molecule has 0 fully saturated rings. The van der Waals surface area contributed by atoms with Gasteiger partial charge in [0.1, 0.15) is 5.75 Å². The van der Waals surface area contributed by atoms with Gasteiger partial charge in [0.05, 0.1) is 0 Å². The van der Waals surface area contributed by atoms with Gasteiger partial charge in [-0.15, -0.1) is 0 Å². The maximum Gasteiger partial charge on any atom is 0.265 e. The topological polar surface area (TPSA) is 38.3 Å². The Balaban J connectivity index is 2.03. The molecule has 116 valence electrons. The molecule has 2 aromatic rings. The maximum atomic E-state index is 12.4. The van der Waals surface area contributed by atoms with Gasteiger partial charge in [0.2, 0.25) is 0 Å². The van der Waals surface area contributed by atoms with E-state index in [1.54, 1.807) is 0 Å². The van der Waals surface area contributed by atoms with Crippen LogP contribution in [0.25, 0.3) is 0 Å². The number of amides is 1. The Morgan fingerprint density at radius 1 is 1.09 bits per heavy atom. The van der Waals surface area contributed by atoms with E-state index in [4.69, 9.17) is 4.74 Å². The highest BCUT2D eigenvalue weighted by molar-refractivity contribution is 5.94. The van der Waals surface area contributed by atoms with Crippen LogP contribution in [-0.4, -0.2) is 12.0 Å². The summed E-state index contributed by atoms with van der Waals surface area (Å²) in [7, 11) is 0. The van der Waals surface area contributed by atoms with E-state index in [9.17, 15) is 4.79 Å². The van der Waals surface area contributed by atoms with Crippen LogP contribution in [0.3, 0.4) is 0 Å². The minimum absolute atomic E-state index is 0.116. The van der Waals surface area contributed by atoms with E-state index in [0.29, 0.717) is 6.42 Å². The summed E-state index contributed by atoms with van der Waals surface area (Å²) in [5.74, 6) is 0.640. The molecule has 0 aliphatic rings. The molecule has 3 nitrogen and oxygen atoms in total. The normalized spacial score (nSPS) is 11.8. The molecule has 0 bridgehead atoms. The number of hydrogen-bond donors (Lipinski definition) is 1. The number of carbonyl (C=O) groups excluding carboxylic acids is 1. The number of anilines is 1. The summed E-state index contributed by atoms with van der Waals surface area (Å²) in [5.41, 5.74) is 3.08. The fourth-order valence-corrected chi connectivity index (χ4v) is 2.21. The maximum absolute atomic E-state index is 12.4. The van der Waals surface area contributed by atoms with Gasteiger partial charge in [0.15, 0.2) is 6.10 Å². The number of rotatable bonds is 6. The fraction of sp³-hybridized carbons (Fsp3) is 0.316. The van der Waals surface area contributed by atoms with E-state index in [1.807, 2.05) is 62.4 Å². The standard InChI is InChI=1S/C19H23NO2/c1-4-15-10-12-16(13-11-15)20-19(21)17(5-2)22-18-9-7-6-8-14(18)3/h6-13,17H,4-5H2,1-3H3,(H,20,21)/t17-/m1/s1. The van der Waals surface area contributed by atoms with Gasteiger partial charge in [0, 0.05) is 5.69 Å². The first-order valence-corrected chi connectivity index (χ1v) is 7.76. The Morgan fingerprint density at radius 3 is 2.36 bits per heavy atom. The minimum Gasteiger partial charge on any atom is -0.480 e. The highest BCUT2D eigenvalue weighted by atomic mass is 16.5. The summed E-state index contributed by atoms with van der Waals surface area (Å²) >= 11 is 0. The van der Waals surface area contributed by atoms with Crippen molar-refractivity contribution in [3.8, 4) is 5.75 Å². The lowest BCUT2D eigenvalue weighted by Gasteiger charge is -2.18. The second kappa shape index (κ2) is 7.64. The fourth-order valence-electron chi connectivity index (χ4n) is 2.21. The van der Waals surface area contributed by atoms with Gasteiger partial charge in [-0.3, -0.25) is 4.79 Å². The third-order valence-corrected chi connectivity index (χ3v) is 3.66. The summed E-state index contributed by atoms with van der Waals surface area (Å²) < 4.78 is 5.86. The quantitative estimate of drug-likeness (QED) is 0.860. The largest absolute Gasteiger partial charge is 0.480 e. The first-order chi connectivity index (χ1) is 10.6. The summed E-state index contributed by atoms with van der Waals surface area (Å²) in [6, 6.07) is 15.6. The molecule has 3 heteroatoms. The number of hydrogen-bond acceptors (Lipinski definition) is 2. The molecule has 0 saturated heterocycles. The van der Waals surface area contributed by atoms with Gasteiger partial charge in [-0.05, 0) is 49.1 Å². The summed E-state index contributed by atoms with van der Waals surface area (Å²) in [6.07, 6.45) is 1.11. The molecule has 0 aliphatic heterocycles. The molecule has 0 aromatic heterocycles. The number of ether oxygens (including phenoxy) is 1. The number of para-hydroxylation sites is 1. The van der Waals surface area contributed by atoms with Gasteiger partial charge in [-0.25, -0.2) is 0 Å². The number of nitrogens with one attached hydrogen (secondary N) is 1. The van der Waals surface area contributed by atoms with Crippen LogP contribution in [0.1, 0.15) is 31.4 Å². The van der Waals surface area contributed by atoms with Crippen LogP contribution in [0.15, 0.2) is 48.5 Å². The summed E-state index contributed by atoms with van der Waals surface area (Å²) in [4.78, 5) is 12.4. The lowest BCUT2D eigenvalue weighted by atomic mass is 10.1. The molecular formula is C19H23NO2. The molecule has 0 unspecified atom stereocenters. The monoisotopic (exact) mass is 297 g/mol. The minimum atomic E-state index is -0.494. The van der Waals surface area contributed by atoms with Crippen molar-refractivity contribution in [3.05, 3.63) is 59.7 Å². The van der Waals surface area contributed by atoms with Crippen molar-refractivity contribution in [2.75, 3.05) is 5.32 Å². The third kappa shape index (κ3) is 4.10. The lowest BCUT2D eigenvalue weighted by Crippen LogP contribution is -2.32. The van der Waals surface area contributed by atoms with Gasteiger partial charge in [-0.2, -0.15) is 0 Å². The molecule has 0 spiro atoms. The molecular weight excluding hydrogens is 274 g/mol. The highest BCUT2D eigenvalue weighted by Gasteiger charge is 2.19. The predicted molar refractivity (Wildman–Crippen MR) is 90.3 cm³/mol. The van der Waals surface area contributed by atoms with Crippen LogP contribution in [-0.2, 0) is 11.2 Å². The Bertz CT molecular complexity index is 620. The van der Waals surface area contributed by atoms with Crippen LogP contribution in [0.5, 0.6) is 5.75 Å². The van der Waals surface area contributed by atoms with Crippen LogP contribution in [0, 0.1) is 6.92 Å². The number of aryl methyl sites for hydroxylation is 2. The van der Waals surface area contributed by atoms with Crippen LogP contribution in [0.2, 0.25) is 0 Å². The molecule has 2 rings (SSSR count). The zero-order valence-corrected chi connectivity index (χ0v) is 13.4. The number of benzene rings is 2. The van der Waals surface area contributed by atoms with E-state index in [1.165, 1.54) is 5.56 Å². The van der Waals surface area contributed by atoms with E-state index in [-0.39, 0.29) is 5.91 Å². The molecule has 0 saturated carbocycles. The van der Waals surface area contributed by atoms with Crippen molar-refractivity contribution in [3.63, 3.8) is 0 Å². The van der Waals surface area contributed by atoms with Crippen molar-refractivity contribution in [1.82, 2.24) is 0 Å². The van der Waals surface area contributed by atoms with E-state index >= 15 is 0 Å². The molecule has 0 radical (unpaired) electrons. The molecule has 0 aliphatic carbocycles. The highest BCUT2D eigenvalue weighted by Crippen LogP contribution is 2.19.